The third kappa shape index (κ3) is 3.08. The number of hydrogen-bond acceptors (Lipinski definition) is 3. The number of aryl methyl sites for hydroxylation is 2. The molecule has 0 fully saturated rings. The number of rotatable bonds is 3. The van der Waals surface area contributed by atoms with Crippen LogP contribution in [0.25, 0.3) is 0 Å². The van der Waals surface area contributed by atoms with Gasteiger partial charge in [0, 0.05) is 0 Å². The lowest BCUT2D eigenvalue weighted by atomic mass is 10.0. The highest BCUT2D eigenvalue weighted by molar-refractivity contribution is 9.11. The van der Waals surface area contributed by atoms with E-state index in [9.17, 15) is 14.7 Å². The topological polar surface area (TPSA) is 66.4 Å². The molecule has 20 heavy (non-hydrogen) atoms. The van der Waals surface area contributed by atoms with Crippen molar-refractivity contribution in [2.24, 2.45) is 0 Å². The van der Waals surface area contributed by atoms with Gasteiger partial charge >= 0.3 is 5.97 Å². The largest absolute Gasteiger partial charge is 0.478 e. The van der Waals surface area contributed by atoms with Crippen LogP contribution in [-0.4, -0.2) is 17.0 Å². The SMILES string of the molecule is Cc1cc(C)c(NC(=O)c2ccc(Br)s2)c(C(=O)O)c1. The third-order valence-electron chi connectivity index (χ3n) is 2.75. The quantitative estimate of drug-likeness (QED) is 0.873. The molecular weight excluding hydrogens is 342 g/mol. The number of thiophene rings is 1. The van der Waals surface area contributed by atoms with Gasteiger partial charge in [0.05, 0.1) is 19.9 Å². The van der Waals surface area contributed by atoms with Crippen molar-refractivity contribution in [1.82, 2.24) is 0 Å². The standard InChI is InChI=1S/C14H12BrNO3S/c1-7-5-8(2)12(9(6-7)14(18)19)16-13(17)10-3-4-11(15)20-10/h3-6H,1-2H3,(H,16,17)(H,18,19). The summed E-state index contributed by atoms with van der Waals surface area (Å²) in [5, 5.41) is 11.9. The molecule has 0 spiro atoms. The van der Waals surface area contributed by atoms with Crippen LogP contribution in [0.2, 0.25) is 0 Å². The summed E-state index contributed by atoms with van der Waals surface area (Å²) in [6.45, 7) is 3.60. The molecule has 0 aliphatic rings. The van der Waals surface area contributed by atoms with Crippen molar-refractivity contribution in [1.29, 1.82) is 0 Å². The van der Waals surface area contributed by atoms with Gasteiger partial charge in [0.1, 0.15) is 0 Å². The smallest absolute Gasteiger partial charge is 0.337 e. The molecule has 0 radical (unpaired) electrons. The van der Waals surface area contributed by atoms with E-state index in [0.29, 0.717) is 10.6 Å². The second-order valence-electron chi connectivity index (χ2n) is 4.37. The number of anilines is 1. The molecule has 6 heteroatoms. The second kappa shape index (κ2) is 5.76. The van der Waals surface area contributed by atoms with Crippen molar-refractivity contribution < 1.29 is 14.7 Å². The summed E-state index contributed by atoms with van der Waals surface area (Å²) in [5.41, 5.74) is 2.02. The number of aromatic carboxylic acids is 1. The van der Waals surface area contributed by atoms with Crippen LogP contribution in [0, 0.1) is 13.8 Å². The summed E-state index contributed by atoms with van der Waals surface area (Å²) in [7, 11) is 0. The predicted molar refractivity (Wildman–Crippen MR) is 82.8 cm³/mol. The molecule has 0 atom stereocenters. The van der Waals surface area contributed by atoms with E-state index < -0.39 is 5.97 Å². The molecule has 2 rings (SSSR count). The summed E-state index contributed by atoms with van der Waals surface area (Å²) in [5.74, 6) is -1.37. The van der Waals surface area contributed by atoms with E-state index in [1.807, 2.05) is 13.0 Å². The minimum Gasteiger partial charge on any atom is -0.478 e. The van der Waals surface area contributed by atoms with E-state index in [1.54, 1.807) is 25.1 Å². The number of carboxylic acid groups (broad SMARTS) is 1. The second-order valence-corrected chi connectivity index (χ2v) is 6.83. The van der Waals surface area contributed by atoms with Crippen LogP contribution in [0.3, 0.4) is 0 Å². The molecule has 0 aliphatic carbocycles. The number of nitrogens with one attached hydrogen (secondary N) is 1. The van der Waals surface area contributed by atoms with E-state index in [2.05, 4.69) is 21.2 Å². The van der Waals surface area contributed by atoms with Gasteiger partial charge in [0.2, 0.25) is 0 Å². The Morgan fingerprint density at radius 1 is 1.25 bits per heavy atom. The zero-order valence-corrected chi connectivity index (χ0v) is 13.3. The lowest BCUT2D eigenvalue weighted by Crippen LogP contribution is -2.15. The first-order chi connectivity index (χ1) is 9.38. The molecule has 0 bridgehead atoms. The van der Waals surface area contributed by atoms with E-state index in [-0.39, 0.29) is 11.5 Å². The normalized spacial score (nSPS) is 10.3. The van der Waals surface area contributed by atoms with Crippen molar-refractivity contribution in [3.05, 3.63) is 49.6 Å². The molecule has 1 aromatic carbocycles. The Morgan fingerprint density at radius 2 is 1.95 bits per heavy atom. The predicted octanol–water partition coefficient (Wildman–Crippen LogP) is 4.08. The van der Waals surface area contributed by atoms with Gasteiger partial charge in [-0.15, -0.1) is 11.3 Å². The van der Waals surface area contributed by atoms with Gasteiger partial charge in [-0.3, -0.25) is 4.79 Å². The van der Waals surface area contributed by atoms with Gasteiger partial charge in [0.25, 0.3) is 5.91 Å². The maximum atomic E-state index is 12.1. The van der Waals surface area contributed by atoms with Crippen molar-refractivity contribution in [2.75, 3.05) is 5.32 Å². The Hall–Kier alpha value is -1.66. The van der Waals surface area contributed by atoms with Gasteiger partial charge in [-0.25, -0.2) is 4.79 Å². The monoisotopic (exact) mass is 353 g/mol. The first-order valence-corrected chi connectivity index (χ1v) is 7.40. The third-order valence-corrected chi connectivity index (χ3v) is 4.37. The van der Waals surface area contributed by atoms with Gasteiger partial charge < -0.3 is 10.4 Å². The van der Waals surface area contributed by atoms with Crippen LogP contribution in [0.15, 0.2) is 28.1 Å². The molecule has 0 aliphatic heterocycles. The van der Waals surface area contributed by atoms with Crippen LogP contribution in [0.5, 0.6) is 0 Å². The highest BCUT2D eigenvalue weighted by Crippen LogP contribution is 2.26. The molecule has 2 N–H and O–H groups in total. The van der Waals surface area contributed by atoms with Crippen LogP contribution >= 0.6 is 27.3 Å². The van der Waals surface area contributed by atoms with E-state index in [1.165, 1.54) is 11.3 Å². The summed E-state index contributed by atoms with van der Waals surface area (Å²) < 4.78 is 0.849. The fraction of sp³-hybridized carbons (Fsp3) is 0.143. The zero-order valence-electron chi connectivity index (χ0n) is 10.9. The number of carboxylic acids is 1. The maximum Gasteiger partial charge on any atom is 0.337 e. The van der Waals surface area contributed by atoms with Gasteiger partial charge in [-0.05, 0) is 59.1 Å². The molecule has 1 amide bonds. The molecule has 0 unspecified atom stereocenters. The van der Waals surface area contributed by atoms with E-state index in [0.717, 1.165) is 14.9 Å². The van der Waals surface area contributed by atoms with Crippen molar-refractivity contribution >= 4 is 44.8 Å². The summed E-state index contributed by atoms with van der Waals surface area (Å²) in [4.78, 5) is 23.9. The molecule has 0 saturated carbocycles. The van der Waals surface area contributed by atoms with Crippen LogP contribution < -0.4 is 5.32 Å². The molecule has 4 nitrogen and oxygen atoms in total. The zero-order chi connectivity index (χ0) is 14.9. The number of hydrogen-bond donors (Lipinski definition) is 2. The minimum atomic E-state index is -1.06. The highest BCUT2D eigenvalue weighted by atomic mass is 79.9. The Kier molecular flexibility index (Phi) is 4.25. The molecule has 1 aromatic heterocycles. The number of benzene rings is 1. The van der Waals surface area contributed by atoms with Crippen LogP contribution in [0.1, 0.15) is 31.2 Å². The van der Waals surface area contributed by atoms with Gasteiger partial charge in [-0.1, -0.05) is 6.07 Å². The molecule has 1 heterocycles. The first-order valence-electron chi connectivity index (χ1n) is 5.79. The van der Waals surface area contributed by atoms with E-state index >= 15 is 0 Å². The molecule has 104 valence electrons. The molecular formula is C14H12BrNO3S. The number of carbonyl (C=O) groups excluding carboxylic acids is 1. The Bertz CT molecular complexity index is 694. The Labute approximate surface area is 128 Å². The van der Waals surface area contributed by atoms with E-state index in [4.69, 9.17) is 0 Å². The first kappa shape index (κ1) is 14.7. The fourth-order valence-electron chi connectivity index (χ4n) is 1.91. The van der Waals surface area contributed by atoms with Crippen molar-refractivity contribution in [2.45, 2.75) is 13.8 Å². The lowest BCUT2D eigenvalue weighted by molar-refractivity contribution is 0.0698. The molecule has 0 saturated heterocycles. The van der Waals surface area contributed by atoms with Crippen LogP contribution in [0.4, 0.5) is 5.69 Å². The number of amides is 1. The summed E-state index contributed by atoms with van der Waals surface area (Å²) in [6.07, 6.45) is 0. The van der Waals surface area contributed by atoms with Gasteiger partial charge in [0.15, 0.2) is 0 Å². The lowest BCUT2D eigenvalue weighted by Gasteiger charge is -2.12. The molecule has 2 aromatic rings. The minimum absolute atomic E-state index is 0.103. The maximum absolute atomic E-state index is 12.1. The number of carbonyl (C=O) groups is 2. The fourth-order valence-corrected chi connectivity index (χ4v) is 3.19. The Morgan fingerprint density at radius 3 is 2.50 bits per heavy atom. The highest BCUT2D eigenvalue weighted by Gasteiger charge is 2.17. The average Bonchev–Trinajstić information content (AvgIpc) is 2.78. The summed E-state index contributed by atoms with van der Waals surface area (Å²) >= 11 is 4.59. The number of halogens is 1. The van der Waals surface area contributed by atoms with Crippen molar-refractivity contribution in [3.8, 4) is 0 Å². The average molecular weight is 354 g/mol. The van der Waals surface area contributed by atoms with Gasteiger partial charge in [-0.2, -0.15) is 0 Å². The van der Waals surface area contributed by atoms with Crippen molar-refractivity contribution in [3.63, 3.8) is 0 Å². The summed E-state index contributed by atoms with van der Waals surface area (Å²) in [6, 6.07) is 6.86. The Balaban J connectivity index is 2.38. The van der Waals surface area contributed by atoms with Crippen LogP contribution in [-0.2, 0) is 0 Å².